The smallest absolute Gasteiger partial charge is 0.419 e. The molecule has 1 saturated carbocycles. The lowest BCUT2D eigenvalue weighted by atomic mass is 9.78. The third kappa shape index (κ3) is 2.35. The molecule has 21 heavy (non-hydrogen) atoms. The molecule has 1 aromatic carbocycles. The van der Waals surface area contributed by atoms with Crippen molar-refractivity contribution in [1.29, 1.82) is 0 Å². The van der Waals surface area contributed by atoms with Crippen LogP contribution in [0.5, 0.6) is 5.75 Å². The quantitative estimate of drug-likeness (QED) is 0.890. The van der Waals surface area contributed by atoms with Crippen LogP contribution in [0.1, 0.15) is 30.7 Å². The molecule has 8 heteroatoms. The molecule has 1 aliphatic rings. The molecule has 3 rings (SSSR count). The zero-order valence-corrected chi connectivity index (χ0v) is 10.8. The van der Waals surface area contributed by atoms with E-state index < -0.39 is 23.0 Å². The first-order valence-corrected chi connectivity index (χ1v) is 6.33. The van der Waals surface area contributed by atoms with E-state index in [-0.39, 0.29) is 17.3 Å². The maximum absolute atomic E-state index is 12.8. The van der Waals surface area contributed by atoms with Gasteiger partial charge in [-0.2, -0.15) is 18.2 Å². The monoisotopic (exact) mass is 299 g/mol. The van der Waals surface area contributed by atoms with Gasteiger partial charge in [-0.15, -0.1) is 0 Å². The van der Waals surface area contributed by atoms with Gasteiger partial charge in [-0.1, -0.05) is 5.16 Å². The van der Waals surface area contributed by atoms with Gasteiger partial charge in [0.05, 0.1) is 11.1 Å². The zero-order valence-electron chi connectivity index (χ0n) is 10.8. The number of hydrogen-bond acceptors (Lipinski definition) is 5. The van der Waals surface area contributed by atoms with Crippen molar-refractivity contribution in [3.63, 3.8) is 0 Å². The van der Waals surface area contributed by atoms with Gasteiger partial charge < -0.3 is 15.4 Å². The number of phenols is 1. The van der Waals surface area contributed by atoms with Crippen molar-refractivity contribution >= 4 is 0 Å². The molecule has 0 saturated heterocycles. The lowest BCUT2D eigenvalue weighted by molar-refractivity contribution is -0.138. The van der Waals surface area contributed by atoms with E-state index in [0.717, 1.165) is 18.6 Å². The number of nitrogens with two attached hydrogens (primary N) is 1. The zero-order chi connectivity index (χ0) is 15.3. The van der Waals surface area contributed by atoms with Crippen LogP contribution in [0.25, 0.3) is 11.4 Å². The Morgan fingerprint density at radius 3 is 2.57 bits per heavy atom. The van der Waals surface area contributed by atoms with E-state index in [4.69, 9.17) is 10.3 Å². The molecule has 0 spiro atoms. The molecule has 5 nitrogen and oxygen atoms in total. The van der Waals surface area contributed by atoms with E-state index in [1.807, 2.05) is 0 Å². The predicted octanol–water partition coefficient (Wildman–Crippen LogP) is 2.80. The molecule has 112 valence electrons. The van der Waals surface area contributed by atoms with Gasteiger partial charge in [0.2, 0.25) is 11.7 Å². The molecule has 0 unspecified atom stereocenters. The molecule has 1 heterocycles. The summed E-state index contributed by atoms with van der Waals surface area (Å²) < 4.78 is 43.3. The summed E-state index contributed by atoms with van der Waals surface area (Å²) >= 11 is 0. The average Bonchev–Trinajstić information content (AvgIpc) is 2.85. The maximum atomic E-state index is 12.8. The van der Waals surface area contributed by atoms with Crippen LogP contribution in [0.3, 0.4) is 0 Å². The number of rotatable bonds is 2. The Bertz CT molecular complexity index is 678. The molecule has 1 fully saturated rings. The molecule has 3 N–H and O–H groups in total. The van der Waals surface area contributed by atoms with Crippen LogP contribution >= 0.6 is 0 Å². The number of phenolic OH excluding ortho intramolecular Hbond substituents is 1. The fourth-order valence-corrected chi connectivity index (χ4v) is 2.22. The van der Waals surface area contributed by atoms with Crippen LogP contribution in [-0.4, -0.2) is 15.2 Å². The van der Waals surface area contributed by atoms with Crippen molar-refractivity contribution in [3.8, 4) is 17.1 Å². The minimum absolute atomic E-state index is 0.0206. The van der Waals surface area contributed by atoms with E-state index in [9.17, 15) is 18.3 Å². The van der Waals surface area contributed by atoms with Crippen LogP contribution in [0, 0.1) is 0 Å². The molecule has 0 radical (unpaired) electrons. The summed E-state index contributed by atoms with van der Waals surface area (Å²) in [5.41, 5.74) is 4.32. The Kier molecular flexibility index (Phi) is 2.94. The Labute approximate surface area is 117 Å². The lowest BCUT2D eigenvalue weighted by Gasteiger charge is -2.33. The molecular weight excluding hydrogens is 287 g/mol. The summed E-state index contributed by atoms with van der Waals surface area (Å²) in [6, 6.07) is 3.03. The van der Waals surface area contributed by atoms with Crippen molar-refractivity contribution in [2.45, 2.75) is 31.0 Å². The highest BCUT2D eigenvalue weighted by Crippen LogP contribution is 2.40. The molecule has 1 aromatic heterocycles. The number of halogens is 3. The maximum Gasteiger partial charge on any atom is 0.419 e. The van der Waals surface area contributed by atoms with Gasteiger partial charge in [-0.25, -0.2) is 0 Å². The summed E-state index contributed by atoms with van der Waals surface area (Å²) in [5, 5.41) is 13.0. The van der Waals surface area contributed by atoms with Crippen LogP contribution in [-0.2, 0) is 11.7 Å². The van der Waals surface area contributed by atoms with E-state index in [2.05, 4.69) is 10.1 Å². The SMILES string of the molecule is NC1(c2nc(-c3ccc(O)c(C(F)(F)F)c3)no2)CCC1. The topological polar surface area (TPSA) is 85.2 Å². The van der Waals surface area contributed by atoms with Gasteiger partial charge in [0.1, 0.15) is 5.75 Å². The predicted molar refractivity (Wildman–Crippen MR) is 66.1 cm³/mol. The molecule has 0 amide bonds. The summed E-state index contributed by atoms with van der Waals surface area (Å²) in [7, 11) is 0. The number of benzene rings is 1. The minimum atomic E-state index is -4.66. The van der Waals surface area contributed by atoms with E-state index in [0.29, 0.717) is 12.8 Å². The highest BCUT2D eigenvalue weighted by molar-refractivity contribution is 5.58. The second-order valence-electron chi connectivity index (χ2n) is 5.16. The molecule has 1 aliphatic carbocycles. The third-order valence-corrected chi connectivity index (χ3v) is 3.66. The minimum Gasteiger partial charge on any atom is -0.507 e. The summed E-state index contributed by atoms with van der Waals surface area (Å²) in [5.74, 6) is -0.595. The Balaban J connectivity index is 1.98. The lowest BCUT2D eigenvalue weighted by Crippen LogP contribution is -2.43. The Morgan fingerprint density at radius 2 is 2.00 bits per heavy atom. The fourth-order valence-electron chi connectivity index (χ4n) is 2.22. The second-order valence-corrected chi connectivity index (χ2v) is 5.16. The molecule has 0 aliphatic heterocycles. The van der Waals surface area contributed by atoms with Gasteiger partial charge in [0, 0.05) is 5.56 Å². The van der Waals surface area contributed by atoms with Crippen molar-refractivity contribution in [2.75, 3.05) is 0 Å². The Hall–Kier alpha value is -2.09. The number of hydrogen-bond donors (Lipinski definition) is 2. The van der Waals surface area contributed by atoms with Crippen molar-refractivity contribution in [3.05, 3.63) is 29.7 Å². The number of nitrogens with zero attached hydrogens (tertiary/aromatic N) is 2. The van der Waals surface area contributed by atoms with E-state index in [1.165, 1.54) is 6.07 Å². The molecule has 2 aromatic rings. The van der Waals surface area contributed by atoms with Crippen molar-refractivity contribution in [2.24, 2.45) is 5.73 Å². The van der Waals surface area contributed by atoms with Gasteiger partial charge >= 0.3 is 6.18 Å². The van der Waals surface area contributed by atoms with Crippen molar-refractivity contribution in [1.82, 2.24) is 10.1 Å². The normalized spacial score (nSPS) is 17.5. The van der Waals surface area contributed by atoms with Gasteiger partial charge in [-0.3, -0.25) is 0 Å². The highest BCUT2D eigenvalue weighted by atomic mass is 19.4. The van der Waals surface area contributed by atoms with Gasteiger partial charge in [0.25, 0.3) is 0 Å². The number of alkyl halides is 3. The Morgan fingerprint density at radius 1 is 1.29 bits per heavy atom. The first kappa shape index (κ1) is 13.9. The van der Waals surface area contributed by atoms with E-state index in [1.54, 1.807) is 0 Å². The van der Waals surface area contributed by atoms with Gasteiger partial charge in [0.15, 0.2) is 0 Å². The largest absolute Gasteiger partial charge is 0.507 e. The van der Waals surface area contributed by atoms with Crippen LogP contribution in [0.4, 0.5) is 13.2 Å². The number of aromatic nitrogens is 2. The first-order chi connectivity index (χ1) is 9.79. The van der Waals surface area contributed by atoms with Crippen LogP contribution < -0.4 is 5.73 Å². The van der Waals surface area contributed by atoms with Crippen LogP contribution in [0.15, 0.2) is 22.7 Å². The molecular formula is C13H12F3N3O2. The standard InChI is InChI=1S/C13H12F3N3O2/c14-13(15,16)8-6-7(2-3-9(8)20)10-18-11(21-19-10)12(17)4-1-5-12/h2-3,6,20H,1,4-5,17H2. The fraction of sp³-hybridized carbons (Fsp3) is 0.385. The van der Waals surface area contributed by atoms with E-state index >= 15 is 0 Å². The first-order valence-electron chi connectivity index (χ1n) is 6.33. The molecule has 0 atom stereocenters. The van der Waals surface area contributed by atoms with Gasteiger partial charge in [-0.05, 0) is 37.5 Å². The summed E-state index contributed by atoms with van der Waals surface area (Å²) in [6.45, 7) is 0. The second kappa shape index (κ2) is 4.45. The van der Waals surface area contributed by atoms with Crippen LogP contribution in [0.2, 0.25) is 0 Å². The summed E-state index contributed by atoms with van der Waals surface area (Å²) in [4.78, 5) is 4.08. The average molecular weight is 299 g/mol. The number of aromatic hydroxyl groups is 1. The van der Waals surface area contributed by atoms with Crippen molar-refractivity contribution < 1.29 is 22.8 Å². The third-order valence-electron chi connectivity index (χ3n) is 3.66. The highest BCUT2D eigenvalue weighted by Gasteiger charge is 2.40. The molecule has 0 bridgehead atoms. The summed E-state index contributed by atoms with van der Waals surface area (Å²) in [6.07, 6.45) is -2.29.